The zero-order chi connectivity index (χ0) is 24.0. The molecule has 2 aliphatic rings. The number of aromatic amines is 1. The zero-order valence-electron chi connectivity index (χ0n) is 17.2. The molecule has 33 heavy (non-hydrogen) atoms. The van der Waals surface area contributed by atoms with E-state index >= 15 is 0 Å². The van der Waals surface area contributed by atoms with Crippen LogP contribution >= 0.6 is 31.0 Å². The number of halogens is 2. The van der Waals surface area contributed by atoms with E-state index in [2.05, 4.69) is 0 Å². The number of nitrogens with one attached hydrogen (secondary N) is 1. The first kappa shape index (κ1) is 24.6. The third-order valence-electron chi connectivity index (χ3n) is 5.46. The fourth-order valence-corrected chi connectivity index (χ4v) is 5.66. The summed E-state index contributed by atoms with van der Waals surface area (Å²) in [6.45, 7) is 0.957. The highest BCUT2D eigenvalue weighted by atomic mass is 35.5. The maximum absolute atomic E-state index is 13.1. The van der Waals surface area contributed by atoms with Gasteiger partial charge in [-0.15, -0.1) is 0 Å². The van der Waals surface area contributed by atoms with E-state index in [0.717, 1.165) is 16.8 Å². The lowest BCUT2D eigenvalue weighted by atomic mass is 9.99. The molecule has 0 radical (unpaired) electrons. The molecule has 14 heteroatoms. The summed E-state index contributed by atoms with van der Waals surface area (Å²) >= 11 is 12.1. The van der Waals surface area contributed by atoms with Gasteiger partial charge in [0.25, 0.3) is 5.56 Å². The molecule has 0 aliphatic carbocycles. The molecule has 2 fully saturated rings. The van der Waals surface area contributed by atoms with Crippen LogP contribution in [0.5, 0.6) is 0 Å². The number of aromatic nitrogens is 2. The van der Waals surface area contributed by atoms with Crippen molar-refractivity contribution in [3.63, 3.8) is 0 Å². The fraction of sp³-hybridized carbons (Fsp3) is 0.474. The van der Waals surface area contributed by atoms with Crippen LogP contribution in [0, 0.1) is 0 Å². The molecule has 4 rings (SSSR count). The highest BCUT2D eigenvalue weighted by molar-refractivity contribution is 7.48. The van der Waals surface area contributed by atoms with Crippen LogP contribution in [0.3, 0.4) is 0 Å². The van der Waals surface area contributed by atoms with E-state index in [1.54, 1.807) is 12.1 Å². The number of rotatable bonds is 5. The first-order chi connectivity index (χ1) is 15.5. The van der Waals surface area contributed by atoms with Gasteiger partial charge in [-0.05, 0) is 19.1 Å². The average molecular weight is 523 g/mol. The van der Waals surface area contributed by atoms with E-state index in [-0.39, 0.29) is 6.61 Å². The average Bonchev–Trinajstić information content (AvgIpc) is 2.97. The lowest BCUT2D eigenvalue weighted by molar-refractivity contribution is -0.120. The second-order valence-electron chi connectivity index (χ2n) is 7.88. The first-order valence-electron chi connectivity index (χ1n) is 9.89. The van der Waals surface area contributed by atoms with Crippen LogP contribution in [0.4, 0.5) is 0 Å². The number of phosphoric ester groups is 1. The van der Waals surface area contributed by atoms with Crippen molar-refractivity contribution in [2.75, 3.05) is 13.2 Å². The van der Waals surface area contributed by atoms with E-state index in [0.29, 0.717) is 22.0 Å². The number of aliphatic hydroxyl groups is 2. The predicted molar refractivity (Wildman–Crippen MR) is 116 cm³/mol. The predicted octanol–water partition coefficient (Wildman–Crippen LogP) is 2.16. The van der Waals surface area contributed by atoms with Crippen LogP contribution < -0.4 is 11.2 Å². The number of hydrogen-bond acceptors (Lipinski definition) is 9. The first-order valence-corrected chi connectivity index (χ1v) is 12.1. The Morgan fingerprint density at radius 2 is 2.06 bits per heavy atom. The van der Waals surface area contributed by atoms with Gasteiger partial charge in [0.15, 0.2) is 6.23 Å². The van der Waals surface area contributed by atoms with Crippen LogP contribution in [0.1, 0.15) is 31.2 Å². The van der Waals surface area contributed by atoms with Gasteiger partial charge in [0.05, 0.1) is 19.3 Å². The van der Waals surface area contributed by atoms with Crippen LogP contribution in [0.25, 0.3) is 0 Å². The molecule has 6 atom stereocenters. The Morgan fingerprint density at radius 3 is 2.76 bits per heavy atom. The van der Waals surface area contributed by atoms with Gasteiger partial charge in [0.1, 0.15) is 17.8 Å². The molecule has 2 saturated heterocycles. The van der Waals surface area contributed by atoms with Crippen LogP contribution in [0.2, 0.25) is 10.0 Å². The van der Waals surface area contributed by atoms with E-state index in [1.807, 2.05) is 4.98 Å². The molecule has 0 saturated carbocycles. The summed E-state index contributed by atoms with van der Waals surface area (Å²) in [7, 11) is -4.10. The zero-order valence-corrected chi connectivity index (χ0v) is 19.6. The molecule has 0 bridgehead atoms. The number of phosphoric acid groups is 1. The van der Waals surface area contributed by atoms with Crippen molar-refractivity contribution in [3.8, 4) is 0 Å². The Kier molecular flexibility index (Phi) is 6.90. The van der Waals surface area contributed by atoms with Crippen molar-refractivity contribution in [2.24, 2.45) is 0 Å². The molecule has 2 aromatic rings. The van der Waals surface area contributed by atoms with Gasteiger partial charge in [-0.1, -0.05) is 29.3 Å². The second kappa shape index (κ2) is 9.26. The minimum Gasteiger partial charge on any atom is -0.387 e. The van der Waals surface area contributed by atoms with Gasteiger partial charge in [0.2, 0.25) is 0 Å². The topological polar surface area (TPSA) is 149 Å². The maximum Gasteiger partial charge on any atom is 0.475 e. The van der Waals surface area contributed by atoms with Gasteiger partial charge in [-0.25, -0.2) is 9.36 Å². The summed E-state index contributed by atoms with van der Waals surface area (Å²) in [5.41, 5.74) is -2.49. The van der Waals surface area contributed by atoms with Crippen LogP contribution in [-0.2, 0) is 22.9 Å². The van der Waals surface area contributed by atoms with E-state index < -0.39 is 55.8 Å². The molecular formula is C19H21Cl2N2O9P. The second-order valence-corrected chi connectivity index (χ2v) is 10.3. The highest BCUT2D eigenvalue weighted by Crippen LogP contribution is 2.58. The normalized spacial score (nSPS) is 34.5. The number of hydrogen-bond donors (Lipinski definition) is 3. The van der Waals surface area contributed by atoms with Crippen molar-refractivity contribution in [1.82, 2.24) is 9.55 Å². The molecule has 1 aromatic carbocycles. The summed E-state index contributed by atoms with van der Waals surface area (Å²) in [6.07, 6.45) is -3.59. The van der Waals surface area contributed by atoms with Gasteiger partial charge >= 0.3 is 13.5 Å². The quantitative estimate of drug-likeness (QED) is 0.502. The van der Waals surface area contributed by atoms with Gasteiger partial charge in [0, 0.05) is 34.3 Å². The summed E-state index contributed by atoms with van der Waals surface area (Å²) in [5, 5.41) is 21.8. The van der Waals surface area contributed by atoms with E-state index in [1.165, 1.54) is 13.0 Å². The van der Waals surface area contributed by atoms with Crippen LogP contribution in [-0.4, -0.2) is 50.8 Å². The number of benzene rings is 1. The smallest absolute Gasteiger partial charge is 0.387 e. The molecule has 3 heterocycles. The van der Waals surface area contributed by atoms with Gasteiger partial charge < -0.3 is 14.9 Å². The Labute approximate surface area is 197 Å². The van der Waals surface area contributed by atoms with Crippen molar-refractivity contribution >= 4 is 31.0 Å². The molecule has 3 N–H and O–H groups in total. The molecule has 0 spiro atoms. The summed E-state index contributed by atoms with van der Waals surface area (Å²) < 4.78 is 36.0. The molecule has 180 valence electrons. The summed E-state index contributed by atoms with van der Waals surface area (Å²) in [5.74, 6) is 0. The Balaban J connectivity index is 1.48. The van der Waals surface area contributed by atoms with Crippen molar-refractivity contribution < 1.29 is 33.1 Å². The third-order valence-corrected chi connectivity index (χ3v) is 7.48. The van der Waals surface area contributed by atoms with E-state index in [9.17, 15) is 24.4 Å². The Hall–Kier alpha value is -1.53. The Morgan fingerprint density at radius 1 is 1.30 bits per heavy atom. The maximum atomic E-state index is 13.1. The monoisotopic (exact) mass is 522 g/mol. The van der Waals surface area contributed by atoms with Gasteiger partial charge in [-0.2, -0.15) is 0 Å². The Bertz CT molecular complexity index is 1200. The van der Waals surface area contributed by atoms with Crippen molar-refractivity contribution in [2.45, 2.75) is 43.5 Å². The van der Waals surface area contributed by atoms with Crippen molar-refractivity contribution in [1.29, 1.82) is 0 Å². The molecule has 11 nitrogen and oxygen atoms in total. The standard InChI is InChI=1S/C19H21Cl2N2O9P/c1-19(16(26)15(25)17(31-19)23-6-4-14(24)22-18(23)27)9-30-33(28)29-7-5-13(32-33)11-3-2-10(20)8-12(11)21/h2-4,6,8,13,15-17,25-26H,5,7,9H2,1H3,(H,22,24,27)/t13-,15+,16-,17+,19+,33?/m0/s1. The molecule has 2 aliphatic heterocycles. The van der Waals surface area contributed by atoms with Gasteiger partial charge in [-0.3, -0.25) is 27.9 Å². The largest absolute Gasteiger partial charge is 0.475 e. The molecular weight excluding hydrogens is 502 g/mol. The molecule has 1 unspecified atom stereocenters. The number of H-pyrrole nitrogens is 1. The summed E-state index contributed by atoms with van der Waals surface area (Å²) in [6, 6.07) is 5.88. The minimum absolute atomic E-state index is 0.0546. The number of aliphatic hydroxyl groups excluding tert-OH is 2. The third kappa shape index (κ3) is 4.97. The van der Waals surface area contributed by atoms with Crippen molar-refractivity contribution in [3.05, 3.63) is 66.9 Å². The van der Waals surface area contributed by atoms with Crippen LogP contribution in [0.15, 0.2) is 40.1 Å². The lowest BCUT2D eigenvalue weighted by Gasteiger charge is -2.33. The number of ether oxygens (including phenoxy) is 1. The highest BCUT2D eigenvalue weighted by Gasteiger charge is 2.54. The number of nitrogens with zero attached hydrogens (tertiary/aromatic N) is 1. The van der Waals surface area contributed by atoms with E-state index in [4.69, 9.17) is 41.5 Å². The summed E-state index contributed by atoms with van der Waals surface area (Å²) in [4.78, 5) is 25.4. The molecule has 1 aromatic heterocycles. The lowest BCUT2D eigenvalue weighted by Crippen LogP contribution is -2.44. The SMILES string of the molecule is C[C@]1(COP2(=O)OCC[C@@H](c3ccc(Cl)cc3Cl)O2)O[C@@H](n2ccc(=O)[nH]c2=O)[C@H](O)[C@@H]1O. The fourth-order valence-electron chi connectivity index (χ4n) is 3.66. The minimum atomic E-state index is -4.10. The molecule has 0 amide bonds.